The van der Waals surface area contributed by atoms with Gasteiger partial charge in [-0.3, -0.25) is 4.98 Å². The molecule has 0 aromatic carbocycles. The van der Waals surface area contributed by atoms with Crippen molar-refractivity contribution in [1.29, 1.82) is 0 Å². The molecule has 2 aliphatic rings. The molecule has 2 heterocycles. The molecular formula is C10H11NS. The first-order chi connectivity index (χ1) is 5.77. The number of hydrogen-bond donors (Lipinski definition) is 0. The molecule has 2 rings (SSSR count). The molecule has 62 valence electrons. The summed E-state index contributed by atoms with van der Waals surface area (Å²) in [4.78, 5) is 5.53. The van der Waals surface area contributed by atoms with Crippen LogP contribution in [-0.2, 0) is 0 Å². The van der Waals surface area contributed by atoms with Gasteiger partial charge < -0.3 is 0 Å². The monoisotopic (exact) mass is 177 g/mol. The van der Waals surface area contributed by atoms with Gasteiger partial charge in [-0.1, -0.05) is 13.8 Å². The van der Waals surface area contributed by atoms with E-state index < -0.39 is 0 Å². The summed E-state index contributed by atoms with van der Waals surface area (Å²) in [5, 5.41) is 2.18. The second-order valence-electron chi connectivity index (χ2n) is 3.26. The first-order valence-corrected chi connectivity index (χ1v) is 4.97. The van der Waals surface area contributed by atoms with Crippen LogP contribution in [0, 0.1) is 0 Å². The Labute approximate surface area is 76.4 Å². The Morgan fingerprint density at radius 3 is 2.75 bits per heavy atom. The average Bonchev–Trinajstić information content (AvgIpc) is 2.49. The molecule has 0 fully saturated rings. The van der Waals surface area contributed by atoms with Crippen LogP contribution in [0.2, 0.25) is 0 Å². The fraction of sp³-hybridized carbons (Fsp3) is 0.300. The minimum Gasteiger partial charge on any atom is -0.263 e. The van der Waals surface area contributed by atoms with Crippen LogP contribution in [0.25, 0.3) is 11.1 Å². The quantitative estimate of drug-likeness (QED) is 0.650. The summed E-state index contributed by atoms with van der Waals surface area (Å²) in [6.45, 7) is 4.43. The SMILES string of the molecule is CC(C)c1cc2cncc-2cs1. The molecule has 1 nitrogen and oxygen atoms in total. The first-order valence-electron chi connectivity index (χ1n) is 4.09. The van der Waals surface area contributed by atoms with E-state index in [0.717, 1.165) is 0 Å². The number of fused-ring (bicyclic) bond motifs is 1. The summed E-state index contributed by atoms with van der Waals surface area (Å²) in [6.07, 6.45) is 3.84. The van der Waals surface area contributed by atoms with E-state index in [2.05, 4.69) is 30.3 Å². The van der Waals surface area contributed by atoms with Gasteiger partial charge in [-0.05, 0) is 12.0 Å². The fourth-order valence-electron chi connectivity index (χ4n) is 1.19. The van der Waals surface area contributed by atoms with Crippen LogP contribution in [0.5, 0.6) is 0 Å². The molecule has 0 spiro atoms. The van der Waals surface area contributed by atoms with E-state index in [1.807, 2.05) is 23.7 Å². The van der Waals surface area contributed by atoms with Gasteiger partial charge in [0.25, 0.3) is 0 Å². The lowest BCUT2D eigenvalue weighted by Gasteiger charge is -2.05. The van der Waals surface area contributed by atoms with Gasteiger partial charge in [-0.2, -0.15) is 0 Å². The number of hydrogen-bond acceptors (Lipinski definition) is 2. The number of nitrogens with zero attached hydrogens (tertiary/aromatic N) is 1. The van der Waals surface area contributed by atoms with Crippen molar-refractivity contribution in [3.8, 4) is 11.1 Å². The minimum absolute atomic E-state index is 0.620. The summed E-state index contributed by atoms with van der Waals surface area (Å²) >= 11 is 1.81. The largest absolute Gasteiger partial charge is 0.263 e. The highest BCUT2D eigenvalue weighted by Crippen LogP contribution is 2.29. The van der Waals surface area contributed by atoms with Crippen molar-refractivity contribution in [2.75, 3.05) is 0 Å². The molecule has 0 aromatic rings. The predicted molar refractivity (Wildman–Crippen MR) is 52.8 cm³/mol. The maximum absolute atomic E-state index is 4.11. The molecule has 0 saturated carbocycles. The number of aromatic nitrogens is 1. The second-order valence-corrected chi connectivity index (χ2v) is 4.20. The Morgan fingerprint density at radius 2 is 2.00 bits per heavy atom. The Kier molecular flexibility index (Phi) is 1.85. The normalized spacial score (nSPS) is 11.2. The van der Waals surface area contributed by atoms with Gasteiger partial charge in [0.15, 0.2) is 0 Å². The molecular weight excluding hydrogens is 166 g/mol. The highest BCUT2D eigenvalue weighted by Gasteiger charge is 2.06. The van der Waals surface area contributed by atoms with Crippen LogP contribution in [0.3, 0.4) is 0 Å². The molecule has 2 aliphatic heterocycles. The highest BCUT2D eigenvalue weighted by atomic mass is 32.1. The van der Waals surface area contributed by atoms with Crippen LogP contribution in [-0.4, -0.2) is 4.98 Å². The van der Waals surface area contributed by atoms with E-state index >= 15 is 0 Å². The van der Waals surface area contributed by atoms with E-state index in [9.17, 15) is 0 Å². The van der Waals surface area contributed by atoms with Gasteiger partial charge in [0.1, 0.15) is 0 Å². The topological polar surface area (TPSA) is 12.9 Å². The van der Waals surface area contributed by atoms with Gasteiger partial charge >= 0.3 is 0 Å². The number of rotatable bonds is 1. The molecule has 0 N–H and O–H groups in total. The maximum atomic E-state index is 4.11. The van der Waals surface area contributed by atoms with Crippen LogP contribution in [0.4, 0.5) is 0 Å². The predicted octanol–water partition coefficient (Wildman–Crippen LogP) is 3.37. The molecule has 12 heavy (non-hydrogen) atoms. The van der Waals surface area contributed by atoms with E-state index in [1.54, 1.807) is 0 Å². The Hall–Kier alpha value is -0.890. The van der Waals surface area contributed by atoms with Crippen LogP contribution >= 0.6 is 11.3 Å². The van der Waals surface area contributed by atoms with Crippen molar-refractivity contribution < 1.29 is 0 Å². The first kappa shape index (κ1) is 7.74. The summed E-state index contributed by atoms with van der Waals surface area (Å²) in [5.74, 6) is 0.620. The summed E-state index contributed by atoms with van der Waals surface area (Å²) in [6, 6.07) is 2.23. The molecule has 0 unspecified atom stereocenters. The third-order valence-electron chi connectivity index (χ3n) is 1.95. The van der Waals surface area contributed by atoms with E-state index in [1.165, 1.54) is 16.0 Å². The van der Waals surface area contributed by atoms with Crippen molar-refractivity contribution >= 4 is 11.3 Å². The molecule has 0 saturated heterocycles. The zero-order valence-electron chi connectivity index (χ0n) is 7.24. The summed E-state index contributed by atoms with van der Waals surface area (Å²) < 4.78 is 0. The lowest BCUT2D eigenvalue weighted by Crippen LogP contribution is -1.83. The second kappa shape index (κ2) is 2.87. The highest BCUT2D eigenvalue weighted by molar-refractivity contribution is 7.10. The van der Waals surface area contributed by atoms with Gasteiger partial charge in [0.2, 0.25) is 0 Å². The maximum Gasteiger partial charge on any atom is 0.0355 e. The van der Waals surface area contributed by atoms with Crippen molar-refractivity contribution in [3.05, 3.63) is 28.7 Å². The van der Waals surface area contributed by atoms with Crippen LogP contribution < -0.4 is 0 Å². The smallest absolute Gasteiger partial charge is 0.0355 e. The van der Waals surface area contributed by atoms with Crippen LogP contribution in [0.1, 0.15) is 24.6 Å². The average molecular weight is 177 g/mol. The molecule has 0 amide bonds. The molecule has 0 aliphatic carbocycles. The molecule has 0 radical (unpaired) electrons. The lowest BCUT2D eigenvalue weighted by molar-refractivity contribution is 0.888. The van der Waals surface area contributed by atoms with E-state index in [-0.39, 0.29) is 0 Å². The van der Waals surface area contributed by atoms with Gasteiger partial charge in [0, 0.05) is 33.8 Å². The molecule has 2 heteroatoms. The summed E-state index contributed by atoms with van der Waals surface area (Å²) in [5.41, 5.74) is 2.52. The fourth-order valence-corrected chi connectivity index (χ4v) is 2.11. The van der Waals surface area contributed by atoms with Crippen molar-refractivity contribution in [2.45, 2.75) is 19.8 Å². The zero-order valence-corrected chi connectivity index (χ0v) is 8.06. The van der Waals surface area contributed by atoms with E-state index in [0.29, 0.717) is 5.92 Å². The van der Waals surface area contributed by atoms with Crippen molar-refractivity contribution in [1.82, 2.24) is 4.98 Å². The zero-order chi connectivity index (χ0) is 8.55. The third-order valence-corrected chi connectivity index (χ3v) is 3.18. The Morgan fingerprint density at radius 1 is 1.25 bits per heavy atom. The summed E-state index contributed by atoms with van der Waals surface area (Å²) in [7, 11) is 0. The molecule has 0 atom stereocenters. The standard InChI is InChI=1S/C10H11NS/c1-7(2)10-3-8-4-11-5-9(8)6-12-10/h3-7H,1-2H3. The van der Waals surface area contributed by atoms with Gasteiger partial charge in [-0.25, -0.2) is 0 Å². The van der Waals surface area contributed by atoms with Gasteiger partial charge in [-0.15, -0.1) is 11.3 Å². The minimum atomic E-state index is 0.620. The molecule has 0 aromatic heterocycles. The third kappa shape index (κ3) is 1.23. The molecule has 0 bridgehead atoms. The van der Waals surface area contributed by atoms with Crippen LogP contribution in [0.15, 0.2) is 23.8 Å². The van der Waals surface area contributed by atoms with Crippen molar-refractivity contribution in [3.63, 3.8) is 0 Å². The van der Waals surface area contributed by atoms with Crippen molar-refractivity contribution in [2.24, 2.45) is 0 Å². The Balaban J connectivity index is 2.54. The lowest BCUT2D eigenvalue weighted by atomic mass is 10.1. The van der Waals surface area contributed by atoms with E-state index in [4.69, 9.17) is 0 Å². The Bertz CT molecular complexity index is 351. The van der Waals surface area contributed by atoms with Gasteiger partial charge in [0.05, 0.1) is 0 Å².